The van der Waals surface area contributed by atoms with Crippen LogP contribution in [0.15, 0.2) is 114 Å². The molecule has 6 rings (SSSR count). The Morgan fingerprint density at radius 1 is 1.02 bits per heavy atom. The number of hydrogen-bond donors (Lipinski definition) is 2. The summed E-state index contributed by atoms with van der Waals surface area (Å²) < 4.78 is 40.8. The standard InChI is InChI=1S/C38H41BClNO6SSi/c1-38(2,3)49(31-12-6-4-7-13-31,32-14-8-5-9-15-32)46-25-29-26-48(44,45)36-24-39(43)47-35(37(29)36)20-18-28(34-16-10-11-21-41-34)22-27-17-19-30(42)23-33(27)40/h4-17,19,21-23,35-36,42-43H,18,20,24-26H2,1-3H3/b28-22-/t35-,36+/m1/s1. The Hall–Kier alpha value is -3.51. The average molecular weight is 714 g/mol. The number of aromatic hydroxyl groups is 1. The van der Waals surface area contributed by atoms with Gasteiger partial charge in [0, 0.05) is 12.5 Å². The third kappa shape index (κ3) is 7.36. The molecule has 1 aromatic heterocycles. The van der Waals surface area contributed by atoms with Gasteiger partial charge in [-0.15, -0.1) is 0 Å². The van der Waals surface area contributed by atoms with Gasteiger partial charge in [0.25, 0.3) is 8.32 Å². The summed E-state index contributed by atoms with van der Waals surface area (Å²) in [7, 11) is -7.75. The highest BCUT2D eigenvalue weighted by Gasteiger charge is 2.52. The number of phenols is 1. The maximum atomic E-state index is 13.7. The minimum atomic E-state index is -3.59. The second-order valence-electron chi connectivity index (χ2n) is 13.8. The highest BCUT2D eigenvalue weighted by atomic mass is 35.5. The van der Waals surface area contributed by atoms with Gasteiger partial charge < -0.3 is 19.2 Å². The Balaban J connectivity index is 1.38. The Morgan fingerprint density at radius 3 is 2.27 bits per heavy atom. The number of hydrogen-bond acceptors (Lipinski definition) is 7. The second-order valence-corrected chi connectivity index (χ2v) is 20.6. The molecule has 0 amide bonds. The third-order valence-corrected chi connectivity index (χ3v) is 16.9. The molecule has 2 aliphatic heterocycles. The van der Waals surface area contributed by atoms with Crippen molar-refractivity contribution in [2.24, 2.45) is 0 Å². The lowest BCUT2D eigenvalue weighted by Crippen LogP contribution is -2.66. The number of pyridine rings is 1. The second kappa shape index (κ2) is 14.4. The van der Waals surface area contributed by atoms with Gasteiger partial charge in [-0.2, -0.15) is 0 Å². The summed E-state index contributed by atoms with van der Waals surface area (Å²) in [5, 5.41) is 22.2. The Labute approximate surface area is 295 Å². The number of allylic oxidation sites excluding steroid dienone is 1. The van der Waals surface area contributed by atoms with E-state index in [4.69, 9.17) is 20.7 Å². The number of benzene rings is 3. The number of sulfone groups is 1. The first-order valence-electron chi connectivity index (χ1n) is 16.5. The predicted octanol–water partition coefficient (Wildman–Crippen LogP) is 6.31. The molecule has 0 unspecified atom stereocenters. The molecule has 1 fully saturated rings. The van der Waals surface area contributed by atoms with Gasteiger partial charge in [0.2, 0.25) is 0 Å². The zero-order valence-electron chi connectivity index (χ0n) is 27.9. The van der Waals surface area contributed by atoms with Crippen LogP contribution in [0.25, 0.3) is 11.6 Å². The fourth-order valence-electron chi connectivity index (χ4n) is 7.30. The number of phenolic OH excluding ortho intramolecular Hbond substituents is 1. The molecule has 49 heavy (non-hydrogen) atoms. The van der Waals surface area contributed by atoms with Crippen LogP contribution >= 0.6 is 11.6 Å². The first kappa shape index (κ1) is 35.3. The minimum absolute atomic E-state index is 0.0110. The van der Waals surface area contributed by atoms with Crippen molar-refractivity contribution in [3.05, 3.63) is 131 Å². The van der Waals surface area contributed by atoms with E-state index in [-0.39, 0.29) is 29.5 Å². The minimum Gasteiger partial charge on any atom is -0.508 e. The van der Waals surface area contributed by atoms with Gasteiger partial charge in [0.05, 0.1) is 34.4 Å². The smallest absolute Gasteiger partial charge is 0.456 e. The van der Waals surface area contributed by atoms with E-state index in [1.807, 2.05) is 60.7 Å². The topological polar surface area (TPSA) is 106 Å². The highest BCUT2D eigenvalue weighted by molar-refractivity contribution is 7.92. The fraction of sp³-hybridized carbons (Fsp3) is 0.289. The van der Waals surface area contributed by atoms with Crippen LogP contribution in [-0.2, 0) is 18.9 Å². The average Bonchev–Trinajstić information content (AvgIpc) is 3.34. The van der Waals surface area contributed by atoms with Crippen LogP contribution in [0.2, 0.25) is 16.4 Å². The number of halogens is 1. The number of aromatic nitrogens is 1. The van der Waals surface area contributed by atoms with Gasteiger partial charge in [0.15, 0.2) is 9.84 Å². The number of nitrogens with zero attached hydrogens (tertiary/aromatic N) is 1. The Morgan fingerprint density at radius 2 is 1.67 bits per heavy atom. The zero-order valence-corrected chi connectivity index (χ0v) is 30.5. The van der Waals surface area contributed by atoms with Crippen LogP contribution in [0.3, 0.4) is 0 Å². The molecule has 2 N–H and O–H groups in total. The zero-order chi connectivity index (χ0) is 34.8. The van der Waals surface area contributed by atoms with Crippen LogP contribution in [0.4, 0.5) is 0 Å². The quantitative estimate of drug-likeness (QED) is 0.147. The lowest BCUT2D eigenvalue weighted by Gasteiger charge is -2.43. The highest BCUT2D eigenvalue weighted by Crippen LogP contribution is 2.42. The maximum absolute atomic E-state index is 13.7. The summed E-state index contributed by atoms with van der Waals surface area (Å²) >= 11 is 6.48. The molecular formula is C38H41BClNO6SSi. The lowest BCUT2D eigenvalue weighted by atomic mass is 9.74. The van der Waals surface area contributed by atoms with Gasteiger partial charge in [-0.05, 0) is 86.9 Å². The molecule has 0 spiro atoms. The number of rotatable bonds is 10. The lowest BCUT2D eigenvalue weighted by molar-refractivity contribution is 0.170. The molecule has 11 heteroatoms. The van der Waals surface area contributed by atoms with Crippen molar-refractivity contribution in [3.63, 3.8) is 0 Å². The van der Waals surface area contributed by atoms with Gasteiger partial charge >= 0.3 is 7.12 Å². The maximum Gasteiger partial charge on any atom is 0.456 e. The summed E-state index contributed by atoms with van der Waals surface area (Å²) in [6.45, 7) is 6.72. The van der Waals surface area contributed by atoms with Gasteiger partial charge in [-0.3, -0.25) is 4.98 Å². The first-order chi connectivity index (χ1) is 23.4. The molecule has 7 nitrogen and oxygen atoms in total. The van der Waals surface area contributed by atoms with Crippen molar-refractivity contribution in [1.82, 2.24) is 4.98 Å². The van der Waals surface area contributed by atoms with E-state index in [1.54, 1.807) is 18.3 Å². The molecule has 3 heterocycles. The molecule has 254 valence electrons. The van der Waals surface area contributed by atoms with E-state index in [0.717, 1.165) is 21.6 Å². The molecule has 0 bridgehead atoms. The molecule has 0 radical (unpaired) electrons. The monoisotopic (exact) mass is 713 g/mol. The number of fused-ring (bicyclic) bond motifs is 1. The molecule has 0 saturated carbocycles. The first-order valence-corrected chi connectivity index (χ1v) is 20.5. The van der Waals surface area contributed by atoms with Crippen molar-refractivity contribution < 1.29 is 27.6 Å². The van der Waals surface area contributed by atoms with E-state index in [1.165, 1.54) is 6.07 Å². The van der Waals surface area contributed by atoms with E-state index in [0.29, 0.717) is 34.6 Å². The largest absolute Gasteiger partial charge is 0.508 e. The van der Waals surface area contributed by atoms with Gasteiger partial charge in [-0.25, -0.2) is 8.42 Å². The van der Waals surface area contributed by atoms with Gasteiger partial charge in [-0.1, -0.05) is 99.1 Å². The normalized spacial score (nSPS) is 19.6. The summed E-state index contributed by atoms with van der Waals surface area (Å²) in [4.78, 5) is 4.57. The molecule has 2 aliphatic rings. The van der Waals surface area contributed by atoms with E-state index >= 15 is 0 Å². The third-order valence-electron chi connectivity index (χ3n) is 9.51. The molecule has 0 aliphatic carbocycles. The van der Waals surface area contributed by atoms with Crippen molar-refractivity contribution in [3.8, 4) is 5.75 Å². The molecular weight excluding hydrogens is 673 g/mol. The molecule has 4 aromatic rings. The molecule has 1 saturated heterocycles. The van der Waals surface area contributed by atoms with Crippen molar-refractivity contribution in [2.75, 3.05) is 12.4 Å². The van der Waals surface area contributed by atoms with E-state index < -0.39 is 36.6 Å². The Kier molecular flexibility index (Phi) is 10.4. The summed E-state index contributed by atoms with van der Waals surface area (Å²) in [6.07, 6.45) is 3.84. The fourth-order valence-corrected chi connectivity index (χ4v) is 14.2. The van der Waals surface area contributed by atoms with E-state index in [2.05, 4.69) is 50.0 Å². The van der Waals surface area contributed by atoms with Crippen LogP contribution in [0.5, 0.6) is 5.75 Å². The molecule has 2 atom stereocenters. The van der Waals surface area contributed by atoms with Crippen LogP contribution in [0, 0.1) is 0 Å². The summed E-state index contributed by atoms with van der Waals surface area (Å²) in [5.74, 6) is -0.0662. The predicted molar refractivity (Wildman–Crippen MR) is 200 cm³/mol. The van der Waals surface area contributed by atoms with Crippen LogP contribution in [-0.4, -0.2) is 62.7 Å². The van der Waals surface area contributed by atoms with Gasteiger partial charge in [0.1, 0.15) is 5.75 Å². The summed E-state index contributed by atoms with van der Waals surface area (Å²) in [5.41, 5.74) is 3.72. The van der Waals surface area contributed by atoms with Crippen molar-refractivity contribution in [1.29, 1.82) is 0 Å². The Bertz CT molecular complexity index is 1910. The SMILES string of the molecule is CC(C)(C)[Si](OCC1=C2[C@@H](CC/C(=C/c3ccc(O)cc3Cl)c3ccccn3)OB(O)C[C@@H]2S(=O)(=O)C1)(c1ccccc1)c1ccccc1. The van der Waals surface area contributed by atoms with Crippen LogP contribution < -0.4 is 10.4 Å². The summed E-state index contributed by atoms with van der Waals surface area (Å²) in [6, 6.07) is 31.0. The van der Waals surface area contributed by atoms with Crippen molar-refractivity contribution in [2.45, 2.75) is 56.3 Å². The van der Waals surface area contributed by atoms with Crippen molar-refractivity contribution >= 4 is 58.9 Å². The van der Waals surface area contributed by atoms with Crippen LogP contribution in [0.1, 0.15) is 44.9 Å². The van der Waals surface area contributed by atoms with E-state index in [9.17, 15) is 18.5 Å². The molecule has 3 aromatic carbocycles.